The number of aromatic nitrogens is 5. The Morgan fingerprint density at radius 1 is 1.25 bits per heavy atom. The third-order valence-electron chi connectivity index (χ3n) is 4.60. The van der Waals surface area contributed by atoms with Gasteiger partial charge in [0.05, 0.1) is 0 Å². The molecule has 0 aromatic carbocycles. The molecule has 2 N–H and O–H groups in total. The van der Waals surface area contributed by atoms with E-state index in [0.717, 1.165) is 5.69 Å². The normalized spacial score (nSPS) is 16.2. The largest absolute Gasteiger partial charge is 0.304 e. The Bertz CT molecular complexity index is 811. The summed E-state index contributed by atoms with van der Waals surface area (Å²) in [6.07, 6.45) is 12.7. The smallest absolute Gasteiger partial charge is 0.277 e. The first-order chi connectivity index (χ1) is 11.8. The summed E-state index contributed by atoms with van der Waals surface area (Å²) in [5.74, 6) is 1.29. The van der Waals surface area contributed by atoms with Crippen LogP contribution in [0, 0.1) is 0 Å². The first kappa shape index (κ1) is 14.9. The van der Waals surface area contributed by atoms with Crippen molar-refractivity contribution in [3.63, 3.8) is 0 Å². The van der Waals surface area contributed by atoms with Gasteiger partial charge >= 0.3 is 0 Å². The van der Waals surface area contributed by atoms with E-state index in [1.54, 1.807) is 22.9 Å². The maximum Gasteiger partial charge on any atom is 0.277 e. The molecule has 4 rings (SSSR count). The van der Waals surface area contributed by atoms with Gasteiger partial charge in [0.1, 0.15) is 5.69 Å². The standard InChI is InChI=1S/C17H20N6O/c24-16(14-11-23-9-5-8-18-17(23)19-14)20-15-10-13(21-22-15)12-6-3-1-2-4-7-12/h5,8-12H,1-4,6-7H2,(H2,20,21,22,24). The Labute approximate surface area is 139 Å². The zero-order chi connectivity index (χ0) is 16.4. The van der Waals surface area contributed by atoms with Crippen molar-refractivity contribution in [3.05, 3.63) is 42.1 Å². The van der Waals surface area contributed by atoms with E-state index in [1.165, 1.54) is 38.5 Å². The topological polar surface area (TPSA) is 88.0 Å². The molecule has 1 fully saturated rings. The van der Waals surface area contributed by atoms with Gasteiger partial charge in [0.15, 0.2) is 5.82 Å². The van der Waals surface area contributed by atoms with E-state index < -0.39 is 0 Å². The van der Waals surface area contributed by atoms with Crippen molar-refractivity contribution in [3.8, 4) is 0 Å². The third-order valence-corrected chi connectivity index (χ3v) is 4.60. The van der Waals surface area contributed by atoms with Gasteiger partial charge in [0.25, 0.3) is 5.91 Å². The summed E-state index contributed by atoms with van der Waals surface area (Å²) in [5.41, 5.74) is 1.44. The van der Waals surface area contributed by atoms with Crippen LogP contribution in [-0.4, -0.2) is 30.5 Å². The van der Waals surface area contributed by atoms with Crippen LogP contribution in [-0.2, 0) is 0 Å². The van der Waals surface area contributed by atoms with Crippen LogP contribution in [0.1, 0.15) is 60.6 Å². The molecule has 1 saturated carbocycles. The summed E-state index contributed by atoms with van der Waals surface area (Å²) in [5, 5.41) is 10.1. The number of rotatable bonds is 3. The second-order valence-corrected chi connectivity index (χ2v) is 6.30. The molecule has 3 heterocycles. The van der Waals surface area contributed by atoms with E-state index in [9.17, 15) is 4.79 Å². The Kier molecular flexibility index (Phi) is 3.98. The molecule has 3 aromatic heterocycles. The Morgan fingerprint density at radius 2 is 2.08 bits per heavy atom. The Morgan fingerprint density at radius 3 is 2.88 bits per heavy atom. The molecule has 1 aliphatic rings. The zero-order valence-corrected chi connectivity index (χ0v) is 13.4. The van der Waals surface area contributed by atoms with E-state index >= 15 is 0 Å². The molecule has 7 heteroatoms. The molecule has 1 amide bonds. The predicted molar refractivity (Wildman–Crippen MR) is 90.0 cm³/mol. The van der Waals surface area contributed by atoms with Gasteiger partial charge < -0.3 is 5.32 Å². The first-order valence-corrected chi connectivity index (χ1v) is 8.46. The van der Waals surface area contributed by atoms with Crippen molar-refractivity contribution in [1.82, 2.24) is 24.6 Å². The SMILES string of the molecule is O=C(Nc1cc(C2CCCCCC2)[nH]n1)c1cn2cccnc2n1. The van der Waals surface area contributed by atoms with Gasteiger partial charge in [0, 0.05) is 36.3 Å². The molecule has 7 nitrogen and oxygen atoms in total. The number of carbonyl (C=O) groups is 1. The minimum Gasteiger partial charge on any atom is -0.304 e. The molecule has 0 aliphatic heterocycles. The molecule has 0 unspecified atom stereocenters. The van der Waals surface area contributed by atoms with E-state index in [4.69, 9.17) is 0 Å². The number of amides is 1. The van der Waals surface area contributed by atoms with Crippen LogP contribution in [0.25, 0.3) is 5.78 Å². The third kappa shape index (κ3) is 3.02. The van der Waals surface area contributed by atoms with Crippen molar-refractivity contribution in [2.75, 3.05) is 5.32 Å². The lowest BCUT2D eigenvalue weighted by Crippen LogP contribution is -2.12. The maximum absolute atomic E-state index is 12.4. The van der Waals surface area contributed by atoms with Crippen LogP contribution in [0.5, 0.6) is 0 Å². The van der Waals surface area contributed by atoms with E-state index in [1.807, 2.05) is 12.3 Å². The van der Waals surface area contributed by atoms with Gasteiger partial charge in [-0.25, -0.2) is 9.97 Å². The Hall–Kier alpha value is -2.70. The van der Waals surface area contributed by atoms with Crippen molar-refractivity contribution in [2.24, 2.45) is 0 Å². The Balaban J connectivity index is 1.47. The van der Waals surface area contributed by atoms with Crippen molar-refractivity contribution < 1.29 is 4.79 Å². The monoisotopic (exact) mass is 324 g/mol. The van der Waals surface area contributed by atoms with Gasteiger partial charge in [-0.15, -0.1) is 0 Å². The minimum absolute atomic E-state index is 0.278. The molecule has 0 bridgehead atoms. The maximum atomic E-state index is 12.4. The molecular formula is C17H20N6O. The summed E-state index contributed by atoms with van der Waals surface area (Å²) in [7, 11) is 0. The number of hydrogen-bond donors (Lipinski definition) is 2. The first-order valence-electron chi connectivity index (χ1n) is 8.46. The van der Waals surface area contributed by atoms with Crippen molar-refractivity contribution >= 4 is 17.5 Å². The number of nitrogens with one attached hydrogen (secondary N) is 2. The van der Waals surface area contributed by atoms with Gasteiger partial charge in [-0.1, -0.05) is 25.7 Å². The van der Waals surface area contributed by atoms with Gasteiger partial charge in [-0.3, -0.25) is 14.3 Å². The molecule has 124 valence electrons. The molecule has 24 heavy (non-hydrogen) atoms. The number of H-pyrrole nitrogens is 1. The van der Waals surface area contributed by atoms with E-state index in [2.05, 4.69) is 25.5 Å². The van der Waals surface area contributed by atoms with Crippen molar-refractivity contribution in [2.45, 2.75) is 44.4 Å². The van der Waals surface area contributed by atoms with Crippen molar-refractivity contribution in [1.29, 1.82) is 0 Å². The summed E-state index contributed by atoms with van der Waals surface area (Å²) in [6, 6.07) is 3.74. The molecule has 3 aromatic rings. The highest BCUT2D eigenvalue weighted by Crippen LogP contribution is 2.31. The lowest BCUT2D eigenvalue weighted by Gasteiger charge is -2.10. The number of hydrogen-bond acceptors (Lipinski definition) is 4. The number of fused-ring (bicyclic) bond motifs is 1. The van der Waals surface area contributed by atoms with Gasteiger partial charge in [-0.2, -0.15) is 5.10 Å². The average Bonchev–Trinajstić information content (AvgIpc) is 3.14. The number of nitrogens with zero attached hydrogens (tertiary/aromatic N) is 4. The van der Waals surface area contributed by atoms with Crippen LogP contribution < -0.4 is 5.32 Å². The highest BCUT2D eigenvalue weighted by Gasteiger charge is 2.18. The number of anilines is 1. The molecule has 0 radical (unpaired) electrons. The molecule has 1 aliphatic carbocycles. The summed E-state index contributed by atoms with van der Waals surface area (Å²) < 4.78 is 1.72. The van der Waals surface area contributed by atoms with Gasteiger partial charge in [0.2, 0.25) is 5.78 Å². The molecule has 0 spiro atoms. The minimum atomic E-state index is -0.278. The quantitative estimate of drug-likeness (QED) is 0.724. The summed E-state index contributed by atoms with van der Waals surface area (Å²) in [4.78, 5) is 20.7. The number of aromatic amines is 1. The highest BCUT2D eigenvalue weighted by atomic mass is 16.2. The van der Waals surface area contributed by atoms with Crippen LogP contribution in [0.4, 0.5) is 5.82 Å². The van der Waals surface area contributed by atoms with Crippen LogP contribution >= 0.6 is 0 Å². The molecule has 0 saturated heterocycles. The van der Waals surface area contributed by atoms with Crippen LogP contribution in [0.15, 0.2) is 30.7 Å². The lowest BCUT2D eigenvalue weighted by atomic mass is 9.97. The molecule has 0 atom stereocenters. The average molecular weight is 324 g/mol. The summed E-state index contributed by atoms with van der Waals surface area (Å²) in [6.45, 7) is 0. The molecular weight excluding hydrogens is 304 g/mol. The lowest BCUT2D eigenvalue weighted by molar-refractivity contribution is 0.102. The summed E-state index contributed by atoms with van der Waals surface area (Å²) >= 11 is 0. The zero-order valence-electron chi connectivity index (χ0n) is 13.4. The predicted octanol–water partition coefficient (Wildman–Crippen LogP) is 3.14. The van der Waals surface area contributed by atoms with Gasteiger partial charge in [-0.05, 0) is 18.9 Å². The fourth-order valence-electron chi connectivity index (χ4n) is 3.32. The number of imidazole rings is 1. The van der Waals surface area contributed by atoms with Crippen LogP contribution in [0.2, 0.25) is 0 Å². The van der Waals surface area contributed by atoms with E-state index in [0.29, 0.717) is 23.2 Å². The second kappa shape index (κ2) is 6.43. The van der Waals surface area contributed by atoms with Crippen LogP contribution in [0.3, 0.4) is 0 Å². The fourth-order valence-corrected chi connectivity index (χ4v) is 3.32. The highest BCUT2D eigenvalue weighted by molar-refractivity contribution is 6.02. The fraction of sp³-hybridized carbons (Fsp3) is 0.412. The second-order valence-electron chi connectivity index (χ2n) is 6.30. The number of carbonyl (C=O) groups excluding carboxylic acids is 1. The van der Waals surface area contributed by atoms with E-state index in [-0.39, 0.29) is 5.91 Å².